The number of anilines is 2. The van der Waals surface area contributed by atoms with Crippen molar-refractivity contribution < 1.29 is 24.2 Å². The highest BCUT2D eigenvalue weighted by molar-refractivity contribution is 5.98. The highest BCUT2D eigenvalue weighted by atomic mass is 16.5. The van der Waals surface area contributed by atoms with Gasteiger partial charge in [0.15, 0.2) is 0 Å². The number of carboxylic acid groups (broad SMARTS) is 1. The van der Waals surface area contributed by atoms with Crippen molar-refractivity contribution in [1.29, 1.82) is 0 Å². The fourth-order valence-electron chi connectivity index (χ4n) is 3.49. The Morgan fingerprint density at radius 1 is 1.23 bits per heavy atom. The third-order valence-corrected chi connectivity index (χ3v) is 4.90. The zero-order valence-electron chi connectivity index (χ0n) is 14.6. The average Bonchev–Trinajstić information content (AvgIpc) is 3.07. The Kier molecular flexibility index (Phi) is 5.25. The van der Waals surface area contributed by atoms with Gasteiger partial charge in [-0.1, -0.05) is 12.2 Å². The topological polar surface area (TPSA) is 95.9 Å². The normalized spacial score (nSPS) is 22.3. The lowest BCUT2D eigenvalue weighted by molar-refractivity contribution is -0.146. The number of aliphatic carboxylic acids is 1. The van der Waals surface area contributed by atoms with Crippen LogP contribution in [0.5, 0.6) is 5.75 Å². The predicted octanol–water partition coefficient (Wildman–Crippen LogP) is 2.43. The maximum Gasteiger partial charge on any atom is 0.307 e. The van der Waals surface area contributed by atoms with Gasteiger partial charge < -0.3 is 20.1 Å². The summed E-state index contributed by atoms with van der Waals surface area (Å²) in [5.74, 6) is -2.06. The number of allylic oxidation sites excluding steroid dienone is 2. The molecule has 1 aliphatic heterocycles. The van der Waals surface area contributed by atoms with Crippen molar-refractivity contribution in [2.75, 3.05) is 23.9 Å². The zero-order valence-corrected chi connectivity index (χ0v) is 14.6. The molecular weight excluding hydrogens is 336 g/mol. The van der Waals surface area contributed by atoms with Crippen molar-refractivity contribution >= 4 is 29.2 Å². The van der Waals surface area contributed by atoms with Crippen LogP contribution < -0.4 is 15.0 Å². The first kappa shape index (κ1) is 18.0. The van der Waals surface area contributed by atoms with Crippen LogP contribution in [0.2, 0.25) is 0 Å². The van der Waals surface area contributed by atoms with Crippen LogP contribution in [0.25, 0.3) is 0 Å². The molecule has 0 unspecified atom stereocenters. The molecule has 138 valence electrons. The summed E-state index contributed by atoms with van der Waals surface area (Å²) in [4.78, 5) is 37.6. The first-order chi connectivity index (χ1) is 12.5. The Balaban J connectivity index is 1.77. The number of hydrogen-bond acceptors (Lipinski definition) is 4. The molecule has 1 heterocycles. The number of nitrogens with one attached hydrogen (secondary N) is 1. The van der Waals surface area contributed by atoms with Crippen LogP contribution >= 0.6 is 0 Å². The largest absolute Gasteiger partial charge is 0.494 e. The Hall–Kier alpha value is -2.83. The van der Waals surface area contributed by atoms with Crippen molar-refractivity contribution in [3.05, 3.63) is 30.4 Å². The second kappa shape index (κ2) is 7.59. The van der Waals surface area contributed by atoms with Crippen LogP contribution in [-0.2, 0) is 14.4 Å². The monoisotopic (exact) mass is 358 g/mol. The third kappa shape index (κ3) is 3.56. The molecule has 7 nitrogen and oxygen atoms in total. The number of hydrogen-bond donors (Lipinski definition) is 2. The van der Waals surface area contributed by atoms with Crippen LogP contribution in [0.1, 0.15) is 25.7 Å². The second-order valence-electron chi connectivity index (χ2n) is 6.52. The van der Waals surface area contributed by atoms with E-state index in [1.165, 1.54) is 7.11 Å². The van der Waals surface area contributed by atoms with E-state index in [0.29, 0.717) is 42.9 Å². The van der Waals surface area contributed by atoms with E-state index >= 15 is 0 Å². The van der Waals surface area contributed by atoms with Gasteiger partial charge in [-0.3, -0.25) is 14.4 Å². The van der Waals surface area contributed by atoms with Crippen LogP contribution in [0.15, 0.2) is 30.4 Å². The highest BCUT2D eigenvalue weighted by Gasteiger charge is 2.34. The molecular formula is C19H22N2O5. The van der Waals surface area contributed by atoms with Crippen molar-refractivity contribution in [2.24, 2.45) is 11.8 Å². The Morgan fingerprint density at radius 3 is 2.58 bits per heavy atom. The number of carbonyl (C=O) groups is 3. The van der Waals surface area contributed by atoms with Gasteiger partial charge in [-0.2, -0.15) is 0 Å². The van der Waals surface area contributed by atoms with Gasteiger partial charge in [0.05, 0.1) is 24.6 Å². The quantitative estimate of drug-likeness (QED) is 0.788. The summed E-state index contributed by atoms with van der Waals surface area (Å²) < 4.78 is 5.38. The van der Waals surface area contributed by atoms with Crippen LogP contribution in [-0.4, -0.2) is 36.5 Å². The fourth-order valence-corrected chi connectivity index (χ4v) is 3.49. The summed E-state index contributed by atoms with van der Waals surface area (Å²) in [6.07, 6.45) is 5.73. The van der Waals surface area contributed by atoms with Gasteiger partial charge in [-0.15, -0.1) is 0 Å². The second-order valence-corrected chi connectivity index (χ2v) is 6.52. The van der Waals surface area contributed by atoms with E-state index in [9.17, 15) is 19.5 Å². The molecule has 2 aliphatic rings. The number of carboxylic acids is 1. The summed E-state index contributed by atoms with van der Waals surface area (Å²) in [5, 5.41) is 12.1. The first-order valence-electron chi connectivity index (χ1n) is 8.68. The number of ether oxygens (including phenoxy) is 1. The fraction of sp³-hybridized carbons (Fsp3) is 0.421. The van der Waals surface area contributed by atoms with Gasteiger partial charge in [-0.05, 0) is 31.4 Å². The molecule has 2 atom stereocenters. The SMILES string of the molecule is COc1cc(NC(=O)[C@H]2CC=CC[C@@H]2C(=O)O)ccc1N1CCCC1=O. The van der Waals surface area contributed by atoms with Gasteiger partial charge in [0.25, 0.3) is 0 Å². The van der Waals surface area contributed by atoms with Gasteiger partial charge in [0.2, 0.25) is 11.8 Å². The van der Waals surface area contributed by atoms with E-state index in [-0.39, 0.29) is 11.8 Å². The lowest BCUT2D eigenvalue weighted by Gasteiger charge is -2.24. The summed E-state index contributed by atoms with van der Waals surface area (Å²) in [6.45, 7) is 0.648. The molecule has 26 heavy (non-hydrogen) atoms. The predicted molar refractivity (Wildman–Crippen MR) is 96.2 cm³/mol. The summed E-state index contributed by atoms with van der Waals surface area (Å²) in [7, 11) is 1.51. The number of rotatable bonds is 5. The van der Waals surface area contributed by atoms with E-state index in [4.69, 9.17) is 4.74 Å². The zero-order chi connectivity index (χ0) is 18.7. The summed E-state index contributed by atoms with van der Waals surface area (Å²) >= 11 is 0. The lowest BCUT2D eigenvalue weighted by Crippen LogP contribution is -2.34. The Bertz CT molecular complexity index is 758. The average molecular weight is 358 g/mol. The molecule has 3 rings (SSSR count). The molecule has 0 spiro atoms. The van der Waals surface area contributed by atoms with Gasteiger partial charge in [0, 0.05) is 24.7 Å². The standard InChI is InChI=1S/C19H22N2O5/c1-26-16-11-12(8-9-15(16)21-10-4-7-17(21)22)20-18(23)13-5-2-3-6-14(13)19(24)25/h2-3,8-9,11,13-14H,4-7,10H2,1H3,(H,20,23)(H,24,25)/t13-,14-/m0/s1. The lowest BCUT2D eigenvalue weighted by atomic mass is 9.82. The van der Waals surface area contributed by atoms with Crippen molar-refractivity contribution in [2.45, 2.75) is 25.7 Å². The van der Waals surface area contributed by atoms with Gasteiger partial charge in [0.1, 0.15) is 5.75 Å². The maximum atomic E-state index is 12.6. The van der Waals surface area contributed by atoms with Crippen molar-refractivity contribution in [3.63, 3.8) is 0 Å². The number of methoxy groups -OCH3 is 1. The molecule has 2 N–H and O–H groups in total. The molecule has 1 saturated heterocycles. The van der Waals surface area contributed by atoms with E-state index in [2.05, 4.69) is 5.32 Å². The number of amides is 2. The minimum Gasteiger partial charge on any atom is -0.494 e. The van der Waals surface area contributed by atoms with Crippen molar-refractivity contribution in [1.82, 2.24) is 0 Å². The van der Waals surface area contributed by atoms with Crippen LogP contribution in [0, 0.1) is 11.8 Å². The van der Waals surface area contributed by atoms with Crippen molar-refractivity contribution in [3.8, 4) is 5.75 Å². The molecule has 2 amide bonds. The van der Waals surface area contributed by atoms with Gasteiger partial charge in [-0.25, -0.2) is 0 Å². The molecule has 0 saturated carbocycles. The molecule has 1 aromatic carbocycles. The van der Waals surface area contributed by atoms with Crippen LogP contribution in [0.3, 0.4) is 0 Å². The van der Waals surface area contributed by atoms with E-state index in [0.717, 1.165) is 6.42 Å². The minimum absolute atomic E-state index is 0.0541. The van der Waals surface area contributed by atoms with E-state index in [1.807, 2.05) is 6.08 Å². The van der Waals surface area contributed by atoms with Crippen LogP contribution in [0.4, 0.5) is 11.4 Å². The number of carbonyl (C=O) groups excluding carboxylic acids is 2. The first-order valence-corrected chi connectivity index (χ1v) is 8.68. The minimum atomic E-state index is -0.963. The third-order valence-electron chi connectivity index (χ3n) is 4.90. The summed E-state index contributed by atoms with van der Waals surface area (Å²) in [5.41, 5.74) is 1.19. The summed E-state index contributed by atoms with van der Waals surface area (Å²) in [6, 6.07) is 5.11. The maximum absolute atomic E-state index is 12.6. The molecule has 7 heteroatoms. The Labute approximate surface area is 151 Å². The van der Waals surface area contributed by atoms with E-state index in [1.54, 1.807) is 29.2 Å². The molecule has 1 aromatic rings. The molecule has 0 aromatic heterocycles. The molecule has 0 radical (unpaired) electrons. The Morgan fingerprint density at radius 2 is 1.96 bits per heavy atom. The number of benzene rings is 1. The highest BCUT2D eigenvalue weighted by Crippen LogP contribution is 2.34. The molecule has 1 fully saturated rings. The van der Waals surface area contributed by atoms with Gasteiger partial charge >= 0.3 is 5.97 Å². The van der Waals surface area contributed by atoms with E-state index < -0.39 is 17.8 Å². The smallest absolute Gasteiger partial charge is 0.307 e. The number of nitrogens with zero attached hydrogens (tertiary/aromatic N) is 1. The molecule has 1 aliphatic carbocycles. The molecule has 0 bridgehead atoms.